The molecular formula is C20H25N3O2. The number of rotatable bonds is 4. The van der Waals surface area contributed by atoms with Crippen LogP contribution in [0.4, 0.5) is 4.79 Å². The maximum atomic E-state index is 12.0. The van der Waals surface area contributed by atoms with Gasteiger partial charge in [-0.2, -0.15) is 0 Å². The SMILES string of the molecule is CCOC(=O)N1CCc2nc(Cc3ccccc3)nc(CC)c2CC1. The number of carbonyl (C=O) groups is 1. The van der Waals surface area contributed by atoms with E-state index in [9.17, 15) is 4.79 Å². The second-order valence-electron chi connectivity index (χ2n) is 6.21. The van der Waals surface area contributed by atoms with Crippen molar-refractivity contribution >= 4 is 6.09 Å². The van der Waals surface area contributed by atoms with Crippen molar-refractivity contribution in [2.75, 3.05) is 19.7 Å². The number of aryl methyl sites for hydroxylation is 1. The molecule has 1 amide bonds. The van der Waals surface area contributed by atoms with Crippen molar-refractivity contribution in [2.24, 2.45) is 0 Å². The quantitative estimate of drug-likeness (QED) is 0.858. The van der Waals surface area contributed by atoms with Crippen LogP contribution in [0.2, 0.25) is 0 Å². The molecule has 1 aliphatic rings. The Morgan fingerprint density at radius 2 is 1.88 bits per heavy atom. The van der Waals surface area contributed by atoms with Crippen LogP contribution in [0.25, 0.3) is 0 Å². The van der Waals surface area contributed by atoms with E-state index < -0.39 is 0 Å². The number of hydrogen-bond donors (Lipinski definition) is 0. The number of amides is 1. The molecule has 0 saturated heterocycles. The third-order valence-corrected chi connectivity index (χ3v) is 4.54. The number of hydrogen-bond acceptors (Lipinski definition) is 4. The van der Waals surface area contributed by atoms with E-state index in [4.69, 9.17) is 14.7 Å². The Morgan fingerprint density at radius 1 is 1.12 bits per heavy atom. The molecule has 3 rings (SSSR count). The Kier molecular flexibility index (Phi) is 5.64. The first-order chi connectivity index (χ1) is 12.2. The average Bonchev–Trinajstić information content (AvgIpc) is 2.85. The first kappa shape index (κ1) is 17.4. The van der Waals surface area contributed by atoms with Gasteiger partial charge in [0, 0.05) is 37.3 Å². The van der Waals surface area contributed by atoms with E-state index in [-0.39, 0.29) is 6.09 Å². The van der Waals surface area contributed by atoms with Gasteiger partial charge in [-0.1, -0.05) is 37.3 Å². The molecule has 1 aromatic carbocycles. The second-order valence-corrected chi connectivity index (χ2v) is 6.21. The minimum absolute atomic E-state index is 0.231. The summed E-state index contributed by atoms with van der Waals surface area (Å²) >= 11 is 0. The van der Waals surface area contributed by atoms with Gasteiger partial charge in [0.15, 0.2) is 0 Å². The second kappa shape index (κ2) is 8.10. The van der Waals surface area contributed by atoms with Crippen molar-refractivity contribution in [3.63, 3.8) is 0 Å². The van der Waals surface area contributed by atoms with Gasteiger partial charge in [0.1, 0.15) is 5.82 Å². The summed E-state index contributed by atoms with van der Waals surface area (Å²) in [5.41, 5.74) is 4.63. The number of nitrogens with zero attached hydrogens (tertiary/aromatic N) is 3. The highest BCUT2D eigenvalue weighted by Gasteiger charge is 2.22. The first-order valence-corrected chi connectivity index (χ1v) is 9.04. The Morgan fingerprint density at radius 3 is 2.60 bits per heavy atom. The highest BCUT2D eigenvalue weighted by molar-refractivity contribution is 5.67. The first-order valence-electron chi connectivity index (χ1n) is 9.04. The predicted molar refractivity (Wildman–Crippen MR) is 96.7 cm³/mol. The van der Waals surface area contributed by atoms with Crippen molar-refractivity contribution in [3.8, 4) is 0 Å². The van der Waals surface area contributed by atoms with Gasteiger partial charge in [0.2, 0.25) is 0 Å². The lowest BCUT2D eigenvalue weighted by Crippen LogP contribution is -2.33. The van der Waals surface area contributed by atoms with Crippen LogP contribution in [0.1, 0.15) is 42.2 Å². The van der Waals surface area contributed by atoms with Gasteiger partial charge in [0.05, 0.1) is 6.61 Å². The van der Waals surface area contributed by atoms with Gasteiger partial charge in [-0.05, 0) is 30.9 Å². The summed E-state index contributed by atoms with van der Waals surface area (Å²) in [5.74, 6) is 0.867. The fraction of sp³-hybridized carbons (Fsp3) is 0.450. The molecule has 132 valence electrons. The fourth-order valence-corrected chi connectivity index (χ4v) is 3.28. The molecule has 0 atom stereocenters. The largest absolute Gasteiger partial charge is 0.450 e. The number of benzene rings is 1. The number of ether oxygens (including phenoxy) is 1. The maximum absolute atomic E-state index is 12.0. The molecule has 2 heterocycles. The van der Waals surface area contributed by atoms with E-state index >= 15 is 0 Å². The smallest absolute Gasteiger partial charge is 0.409 e. The zero-order valence-electron chi connectivity index (χ0n) is 15.0. The van der Waals surface area contributed by atoms with Crippen LogP contribution < -0.4 is 0 Å². The predicted octanol–water partition coefficient (Wildman–Crippen LogP) is 3.19. The molecule has 0 unspecified atom stereocenters. The Balaban J connectivity index is 1.83. The molecule has 1 aliphatic heterocycles. The molecule has 1 aromatic heterocycles. The molecule has 0 aliphatic carbocycles. The van der Waals surface area contributed by atoms with Gasteiger partial charge in [0.25, 0.3) is 0 Å². The lowest BCUT2D eigenvalue weighted by Gasteiger charge is -2.18. The lowest BCUT2D eigenvalue weighted by atomic mass is 10.0. The van der Waals surface area contributed by atoms with E-state index in [1.807, 2.05) is 25.1 Å². The van der Waals surface area contributed by atoms with Crippen LogP contribution in [-0.2, 0) is 30.4 Å². The molecule has 0 bridgehead atoms. The van der Waals surface area contributed by atoms with Crippen LogP contribution in [0.5, 0.6) is 0 Å². The summed E-state index contributed by atoms with van der Waals surface area (Å²) in [7, 11) is 0. The molecule has 5 heteroatoms. The Hall–Kier alpha value is -2.43. The zero-order valence-corrected chi connectivity index (χ0v) is 15.0. The van der Waals surface area contributed by atoms with Gasteiger partial charge in [-0.3, -0.25) is 0 Å². The Bertz CT molecular complexity index is 731. The number of carbonyl (C=O) groups excluding carboxylic acids is 1. The Labute approximate surface area is 149 Å². The minimum Gasteiger partial charge on any atom is -0.450 e. The molecule has 25 heavy (non-hydrogen) atoms. The molecule has 2 aromatic rings. The number of aromatic nitrogens is 2. The van der Waals surface area contributed by atoms with Crippen LogP contribution >= 0.6 is 0 Å². The van der Waals surface area contributed by atoms with E-state index in [0.717, 1.165) is 42.9 Å². The van der Waals surface area contributed by atoms with Gasteiger partial charge >= 0.3 is 6.09 Å². The van der Waals surface area contributed by atoms with Gasteiger partial charge in [-0.15, -0.1) is 0 Å². The maximum Gasteiger partial charge on any atom is 0.409 e. The minimum atomic E-state index is -0.231. The summed E-state index contributed by atoms with van der Waals surface area (Å²) in [6.45, 7) is 5.68. The normalized spacial score (nSPS) is 13.9. The zero-order chi connectivity index (χ0) is 17.6. The molecule has 0 spiro atoms. The molecule has 0 fully saturated rings. The van der Waals surface area contributed by atoms with Gasteiger partial charge in [-0.25, -0.2) is 14.8 Å². The third kappa shape index (κ3) is 4.16. The molecule has 0 saturated carbocycles. The lowest BCUT2D eigenvalue weighted by molar-refractivity contribution is 0.109. The third-order valence-electron chi connectivity index (χ3n) is 4.54. The topological polar surface area (TPSA) is 55.3 Å². The summed E-state index contributed by atoms with van der Waals surface area (Å²) in [6, 6.07) is 10.3. The molecular weight excluding hydrogens is 314 g/mol. The van der Waals surface area contributed by atoms with Crippen molar-refractivity contribution in [1.82, 2.24) is 14.9 Å². The average molecular weight is 339 g/mol. The highest BCUT2D eigenvalue weighted by Crippen LogP contribution is 2.20. The summed E-state index contributed by atoms with van der Waals surface area (Å²) in [4.78, 5) is 23.4. The van der Waals surface area contributed by atoms with Crippen molar-refractivity contribution < 1.29 is 9.53 Å². The van der Waals surface area contributed by atoms with E-state index in [1.165, 1.54) is 11.1 Å². The van der Waals surface area contributed by atoms with Crippen LogP contribution in [0, 0.1) is 0 Å². The van der Waals surface area contributed by atoms with Crippen LogP contribution in [0.15, 0.2) is 30.3 Å². The molecule has 0 N–H and O–H groups in total. The fourth-order valence-electron chi connectivity index (χ4n) is 3.28. The van der Waals surface area contributed by atoms with E-state index in [2.05, 4.69) is 19.1 Å². The molecule has 5 nitrogen and oxygen atoms in total. The van der Waals surface area contributed by atoms with Crippen molar-refractivity contribution in [1.29, 1.82) is 0 Å². The standard InChI is InChI=1S/C20H25N3O2/c1-3-17-16-10-12-23(20(24)25-4-2)13-11-18(16)22-19(21-17)14-15-8-6-5-7-9-15/h5-9H,3-4,10-14H2,1-2H3. The van der Waals surface area contributed by atoms with E-state index in [0.29, 0.717) is 19.7 Å². The van der Waals surface area contributed by atoms with Crippen LogP contribution in [-0.4, -0.2) is 40.7 Å². The van der Waals surface area contributed by atoms with Crippen LogP contribution in [0.3, 0.4) is 0 Å². The van der Waals surface area contributed by atoms with Crippen molar-refractivity contribution in [3.05, 3.63) is 58.7 Å². The monoisotopic (exact) mass is 339 g/mol. The van der Waals surface area contributed by atoms with Gasteiger partial charge < -0.3 is 9.64 Å². The van der Waals surface area contributed by atoms with E-state index in [1.54, 1.807) is 4.90 Å². The number of fused-ring (bicyclic) bond motifs is 1. The molecule has 0 radical (unpaired) electrons. The highest BCUT2D eigenvalue weighted by atomic mass is 16.6. The summed E-state index contributed by atoms with van der Waals surface area (Å²) in [6.07, 6.45) is 2.94. The van der Waals surface area contributed by atoms with Crippen molar-refractivity contribution in [2.45, 2.75) is 39.5 Å². The summed E-state index contributed by atoms with van der Waals surface area (Å²) < 4.78 is 5.15. The summed E-state index contributed by atoms with van der Waals surface area (Å²) in [5, 5.41) is 0.